The van der Waals surface area contributed by atoms with Gasteiger partial charge in [-0.1, -0.05) is 31.9 Å². The van der Waals surface area contributed by atoms with E-state index in [0.29, 0.717) is 6.04 Å². The second kappa shape index (κ2) is 6.23. The van der Waals surface area contributed by atoms with Crippen LogP contribution in [0.15, 0.2) is 42.7 Å². The molecule has 1 aliphatic rings. The van der Waals surface area contributed by atoms with Crippen LogP contribution in [0.1, 0.15) is 38.2 Å². The minimum Gasteiger partial charge on any atom is -0.310 e. The van der Waals surface area contributed by atoms with E-state index in [9.17, 15) is 0 Å². The fraction of sp³-hybridized carbons (Fsp3) is 0.471. The van der Waals surface area contributed by atoms with Crippen molar-refractivity contribution >= 4 is 0 Å². The van der Waals surface area contributed by atoms with Gasteiger partial charge in [0, 0.05) is 25.0 Å². The van der Waals surface area contributed by atoms with E-state index in [2.05, 4.69) is 41.6 Å². The number of hydrogen-bond acceptors (Lipinski definition) is 2. The molecule has 3 heteroatoms. The van der Waals surface area contributed by atoms with E-state index in [4.69, 9.17) is 0 Å². The molecule has 2 atom stereocenters. The first-order valence-corrected chi connectivity index (χ1v) is 7.63. The Labute approximate surface area is 121 Å². The molecule has 3 nitrogen and oxygen atoms in total. The Morgan fingerprint density at radius 2 is 2.10 bits per heavy atom. The summed E-state index contributed by atoms with van der Waals surface area (Å²) in [6, 6.07) is 11.3. The van der Waals surface area contributed by atoms with E-state index in [1.165, 1.54) is 31.2 Å². The van der Waals surface area contributed by atoms with E-state index >= 15 is 0 Å². The van der Waals surface area contributed by atoms with Crippen LogP contribution in [0.2, 0.25) is 0 Å². The lowest BCUT2D eigenvalue weighted by atomic mass is 9.87. The van der Waals surface area contributed by atoms with Crippen molar-refractivity contribution in [3.05, 3.63) is 48.3 Å². The van der Waals surface area contributed by atoms with Gasteiger partial charge in [0.2, 0.25) is 0 Å². The molecule has 1 saturated carbocycles. The summed E-state index contributed by atoms with van der Waals surface area (Å²) in [5.74, 6) is 0.878. The van der Waals surface area contributed by atoms with Crippen LogP contribution >= 0.6 is 0 Å². The predicted molar refractivity (Wildman–Crippen MR) is 81.8 cm³/mol. The molecule has 1 N–H and O–H groups in total. The van der Waals surface area contributed by atoms with Gasteiger partial charge in [0.05, 0.1) is 5.69 Å². The summed E-state index contributed by atoms with van der Waals surface area (Å²) < 4.78 is 1.89. The molecule has 3 rings (SSSR count). The molecule has 0 bridgehead atoms. The first kappa shape index (κ1) is 13.4. The van der Waals surface area contributed by atoms with Crippen molar-refractivity contribution in [3.8, 4) is 5.69 Å². The fourth-order valence-corrected chi connectivity index (χ4v) is 3.07. The van der Waals surface area contributed by atoms with Gasteiger partial charge in [-0.2, -0.15) is 5.10 Å². The van der Waals surface area contributed by atoms with Gasteiger partial charge in [-0.05, 0) is 42.5 Å². The summed E-state index contributed by atoms with van der Waals surface area (Å²) in [5.41, 5.74) is 2.46. The Balaban J connectivity index is 1.56. The van der Waals surface area contributed by atoms with Gasteiger partial charge >= 0.3 is 0 Å². The lowest BCUT2D eigenvalue weighted by Crippen LogP contribution is -2.33. The van der Waals surface area contributed by atoms with Gasteiger partial charge in [-0.25, -0.2) is 4.68 Å². The molecule has 1 aliphatic carbocycles. The molecule has 2 unspecified atom stereocenters. The van der Waals surface area contributed by atoms with Crippen LogP contribution in [0.3, 0.4) is 0 Å². The van der Waals surface area contributed by atoms with Crippen molar-refractivity contribution in [2.75, 3.05) is 0 Å². The normalized spacial score (nSPS) is 22.9. The average Bonchev–Trinajstić information content (AvgIpc) is 3.00. The van der Waals surface area contributed by atoms with Gasteiger partial charge < -0.3 is 5.32 Å². The van der Waals surface area contributed by atoms with E-state index in [-0.39, 0.29) is 0 Å². The summed E-state index contributed by atoms with van der Waals surface area (Å²) >= 11 is 0. The maximum atomic E-state index is 4.24. The highest BCUT2D eigenvalue weighted by Crippen LogP contribution is 2.23. The summed E-state index contributed by atoms with van der Waals surface area (Å²) in [7, 11) is 0. The van der Waals surface area contributed by atoms with Crippen molar-refractivity contribution in [1.82, 2.24) is 15.1 Å². The summed E-state index contributed by atoms with van der Waals surface area (Å²) in [6.45, 7) is 3.34. The van der Waals surface area contributed by atoms with E-state index < -0.39 is 0 Å². The number of nitrogens with one attached hydrogen (secondary N) is 1. The third-order valence-electron chi connectivity index (χ3n) is 4.24. The quantitative estimate of drug-likeness (QED) is 0.920. The summed E-state index contributed by atoms with van der Waals surface area (Å²) in [6.07, 6.45) is 9.20. The van der Waals surface area contributed by atoms with E-state index in [1.807, 2.05) is 16.9 Å². The lowest BCUT2D eigenvalue weighted by Gasteiger charge is -2.27. The maximum absolute atomic E-state index is 4.24. The highest BCUT2D eigenvalue weighted by Gasteiger charge is 2.17. The topological polar surface area (TPSA) is 29.9 Å². The van der Waals surface area contributed by atoms with Crippen LogP contribution in [0.4, 0.5) is 0 Å². The zero-order valence-corrected chi connectivity index (χ0v) is 12.1. The molecule has 2 aromatic rings. The molecule has 1 aromatic heterocycles. The molecule has 1 heterocycles. The monoisotopic (exact) mass is 269 g/mol. The lowest BCUT2D eigenvalue weighted by molar-refractivity contribution is 0.300. The Hall–Kier alpha value is -1.61. The standard InChI is InChI=1S/C17H23N3/c1-14-4-2-5-16(12-14)18-13-15-6-8-17(9-7-15)20-11-3-10-19-20/h3,6-11,14,16,18H,2,4-5,12-13H2,1H3. The van der Waals surface area contributed by atoms with Crippen molar-refractivity contribution < 1.29 is 0 Å². The Bertz CT molecular complexity index is 516. The predicted octanol–water partition coefficient (Wildman–Crippen LogP) is 3.54. The molecular weight excluding hydrogens is 246 g/mol. The number of hydrogen-bond donors (Lipinski definition) is 1. The summed E-state index contributed by atoms with van der Waals surface area (Å²) in [5, 5.41) is 7.95. The van der Waals surface area contributed by atoms with Crippen LogP contribution in [0.25, 0.3) is 5.69 Å². The maximum Gasteiger partial charge on any atom is 0.0645 e. The largest absolute Gasteiger partial charge is 0.310 e. The van der Waals surface area contributed by atoms with Crippen molar-refractivity contribution in [2.24, 2.45) is 5.92 Å². The van der Waals surface area contributed by atoms with Gasteiger partial charge in [0.15, 0.2) is 0 Å². The molecule has 106 valence electrons. The Morgan fingerprint density at radius 1 is 1.25 bits per heavy atom. The zero-order chi connectivity index (χ0) is 13.8. The first-order valence-electron chi connectivity index (χ1n) is 7.63. The zero-order valence-electron chi connectivity index (χ0n) is 12.1. The molecule has 0 aliphatic heterocycles. The number of nitrogens with zero attached hydrogens (tertiary/aromatic N) is 2. The van der Waals surface area contributed by atoms with Gasteiger partial charge in [-0.15, -0.1) is 0 Å². The molecule has 1 aromatic carbocycles. The summed E-state index contributed by atoms with van der Waals surface area (Å²) in [4.78, 5) is 0. The number of aromatic nitrogens is 2. The SMILES string of the molecule is CC1CCCC(NCc2ccc(-n3cccn3)cc2)C1. The van der Waals surface area contributed by atoms with Crippen LogP contribution in [0.5, 0.6) is 0 Å². The molecule has 0 radical (unpaired) electrons. The minimum absolute atomic E-state index is 0.699. The fourth-order valence-electron chi connectivity index (χ4n) is 3.07. The van der Waals surface area contributed by atoms with Crippen LogP contribution in [0, 0.1) is 5.92 Å². The van der Waals surface area contributed by atoms with Crippen molar-refractivity contribution in [2.45, 2.75) is 45.2 Å². The first-order chi connectivity index (χ1) is 9.81. The smallest absolute Gasteiger partial charge is 0.0645 e. The van der Waals surface area contributed by atoms with Crippen LogP contribution in [-0.4, -0.2) is 15.8 Å². The molecule has 20 heavy (non-hydrogen) atoms. The van der Waals surface area contributed by atoms with Gasteiger partial charge in [0.25, 0.3) is 0 Å². The molecule has 1 fully saturated rings. The van der Waals surface area contributed by atoms with Crippen molar-refractivity contribution in [1.29, 1.82) is 0 Å². The van der Waals surface area contributed by atoms with Gasteiger partial charge in [-0.3, -0.25) is 0 Å². The van der Waals surface area contributed by atoms with Crippen LogP contribution in [-0.2, 0) is 6.54 Å². The van der Waals surface area contributed by atoms with Crippen molar-refractivity contribution in [3.63, 3.8) is 0 Å². The molecular formula is C17H23N3. The second-order valence-electron chi connectivity index (χ2n) is 5.97. The van der Waals surface area contributed by atoms with Crippen LogP contribution < -0.4 is 5.32 Å². The third kappa shape index (κ3) is 3.28. The van der Waals surface area contributed by atoms with Gasteiger partial charge in [0.1, 0.15) is 0 Å². The molecule has 0 amide bonds. The minimum atomic E-state index is 0.699. The van der Waals surface area contributed by atoms with E-state index in [1.54, 1.807) is 6.20 Å². The highest BCUT2D eigenvalue weighted by molar-refractivity contribution is 5.33. The average molecular weight is 269 g/mol. The Kier molecular flexibility index (Phi) is 4.16. The Morgan fingerprint density at radius 3 is 2.80 bits per heavy atom. The molecule has 0 spiro atoms. The number of benzene rings is 1. The highest BCUT2D eigenvalue weighted by atomic mass is 15.3. The second-order valence-corrected chi connectivity index (χ2v) is 5.97. The third-order valence-corrected chi connectivity index (χ3v) is 4.24. The van der Waals surface area contributed by atoms with E-state index in [0.717, 1.165) is 18.2 Å². The molecule has 0 saturated heterocycles. The number of rotatable bonds is 4.